The average Bonchev–Trinajstić information content (AvgIpc) is 2.73. The van der Waals surface area contributed by atoms with Gasteiger partial charge in [0.25, 0.3) is 0 Å². The average molecular weight is 375 g/mol. The number of hydrogen-bond acceptors (Lipinski definition) is 7. The summed E-state index contributed by atoms with van der Waals surface area (Å²) in [5.41, 5.74) is 9.34. The second-order valence-electron chi connectivity index (χ2n) is 7.00. The number of nitrogens with one attached hydrogen (secondary N) is 1. The highest BCUT2D eigenvalue weighted by Gasteiger charge is 2.21. The van der Waals surface area contributed by atoms with E-state index in [1.807, 2.05) is 19.1 Å². The van der Waals surface area contributed by atoms with E-state index in [1.54, 1.807) is 12.5 Å². The normalized spacial score (nSPS) is 14.8. The van der Waals surface area contributed by atoms with Crippen LogP contribution in [0, 0.1) is 6.92 Å². The second kappa shape index (κ2) is 8.22. The van der Waals surface area contributed by atoms with E-state index < -0.39 is 0 Å². The lowest BCUT2D eigenvalue weighted by Crippen LogP contribution is -2.46. The summed E-state index contributed by atoms with van der Waals surface area (Å²) in [5, 5.41) is 3.24. The van der Waals surface area contributed by atoms with Gasteiger partial charge in [-0.25, -0.2) is 15.0 Å². The first kappa shape index (κ1) is 18.2. The second-order valence-corrected chi connectivity index (χ2v) is 7.00. The summed E-state index contributed by atoms with van der Waals surface area (Å²) in [6, 6.07) is 14.5. The number of nitrogens with two attached hydrogens (primary N) is 1. The van der Waals surface area contributed by atoms with Gasteiger partial charge in [0.2, 0.25) is 0 Å². The van der Waals surface area contributed by atoms with Gasteiger partial charge in [-0.2, -0.15) is 0 Å². The minimum atomic E-state index is 0.559. The number of benzene rings is 1. The third-order valence-corrected chi connectivity index (χ3v) is 5.03. The first-order chi connectivity index (χ1) is 13.7. The summed E-state index contributed by atoms with van der Waals surface area (Å²) in [7, 11) is 0. The number of hydrogen-bond donors (Lipinski definition) is 2. The number of rotatable bonds is 5. The van der Waals surface area contributed by atoms with Gasteiger partial charge in [-0.05, 0) is 24.1 Å². The molecule has 0 atom stereocenters. The number of anilines is 4. The molecule has 0 saturated carbocycles. The molecule has 1 aliphatic rings. The number of aromatic nitrogens is 3. The molecule has 0 bridgehead atoms. The highest BCUT2D eigenvalue weighted by Crippen LogP contribution is 2.29. The zero-order valence-corrected chi connectivity index (χ0v) is 16.0. The summed E-state index contributed by atoms with van der Waals surface area (Å²) in [6.45, 7) is 6.69. The molecular formula is C21H25N7. The van der Waals surface area contributed by atoms with Crippen molar-refractivity contribution in [3.8, 4) is 0 Å². The van der Waals surface area contributed by atoms with Crippen LogP contribution in [0.1, 0.15) is 11.1 Å². The zero-order chi connectivity index (χ0) is 19.3. The van der Waals surface area contributed by atoms with Gasteiger partial charge in [-0.3, -0.25) is 4.90 Å². The van der Waals surface area contributed by atoms with Crippen LogP contribution in [0.2, 0.25) is 0 Å². The van der Waals surface area contributed by atoms with E-state index in [9.17, 15) is 0 Å². The molecule has 1 aliphatic heterocycles. The number of piperazine rings is 1. The Morgan fingerprint density at radius 1 is 0.929 bits per heavy atom. The van der Waals surface area contributed by atoms with Gasteiger partial charge in [-0.15, -0.1) is 0 Å². The molecule has 3 N–H and O–H groups in total. The van der Waals surface area contributed by atoms with E-state index in [4.69, 9.17) is 5.73 Å². The molecule has 144 valence electrons. The molecule has 3 heterocycles. The van der Waals surface area contributed by atoms with Gasteiger partial charge in [0.1, 0.15) is 17.8 Å². The van der Waals surface area contributed by atoms with Crippen LogP contribution < -0.4 is 16.0 Å². The van der Waals surface area contributed by atoms with E-state index in [-0.39, 0.29) is 0 Å². The summed E-state index contributed by atoms with van der Waals surface area (Å²) in [4.78, 5) is 17.8. The monoisotopic (exact) mass is 375 g/mol. The molecule has 0 amide bonds. The Morgan fingerprint density at radius 2 is 1.71 bits per heavy atom. The van der Waals surface area contributed by atoms with Crippen LogP contribution in [0.25, 0.3) is 0 Å². The van der Waals surface area contributed by atoms with E-state index >= 15 is 0 Å². The lowest BCUT2D eigenvalue weighted by molar-refractivity contribution is 0.249. The predicted molar refractivity (Wildman–Crippen MR) is 113 cm³/mol. The Kier molecular flexibility index (Phi) is 5.34. The number of nitrogen functional groups attached to an aromatic ring is 1. The van der Waals surface area contributed by atoms with Crippen molar-refractivity contribution in [2.75, 3.05) is 42.1 Å². The number of aryl methyl sites for hydroxylation is 1. The molecule has 1 fully saturated rings. The maximum atomic E-state index is 6.40. The van der Waals surface area contributed by atoms with E-state index in [0.29, 0.717) is 11.5 Å². The van der Waals surface area contributed by atoms with Crippen molar-refractivity contribution in [1.82, 2.24) is 19.9 Å². The van der Waals surface area contributed by atoms with Crippen LogP contribution in [0.4, 0.5) is 23.1 Å². The van der Waals surface area contributed by atoms with Crippen LogP contribution in [-0.4, -0.2) is 46.0 Å². The summed E-state index contributed by atoms with van der Waals surface area (Å²) >= 11 is 0. The molecule has 0 spiro atoms. The third kappa shape index (κ3) is 4.04. The fraction of sp³-hybridized carbons (Fsp3) is 0.286. The fourth-order valence-electron chi connectivity index (χ4n) is 3.43. The fourth-order valence-corrected chi connectivity index (χ4v) is 3.43. The predicted octanol–water partition coefficient (Wildman–Crippen LogP) is 2.83. The molecule has 0 radical (unpaired) electrons. The van der Waals surface area contributed by atoms with E-state index in [0.717, 1.165) is 49.9 Å². The van der Waals surface area contributed by atoms with Crippen LogP contribution in [0.3, 0.4) is 0 Å². The first-order valence-electron chi connectivity index (χ1n) is 9.51. The van der Waals surface area contributed by atoms with Crippen molar-refractivity contribution in [2.45, 2.75) is 13.5 Å². The first-order valence-corrected chi connectivity index (χ1v) is 9.51. The Hall–Kier alpha value is -3.19. The lowest BCUT2D eigenvalue weighted by atomic mass is 10.2. The smallest absolute Gasteiger partial charge is 0.160 e. The van der Waals surface area contributed by atoms with Crippen LogP contribution in [-0.2, 0) is 6.54 Å². The minimum Gasteiger partial charge on any atom is -0.393 e. The van der Waals surface area contributed by atoms with Gasteiger partial charge in [0.15, 0.2) is 11.6 Å². The minimum absolute atomic E-state index is 0.559. The summed E-state index contributed by atoms with van der Waals surface area (Å²) in [6.07, 6.45) is 3.31. The molecule has 1 saturated heterocycles. The Labute approximate surface area is 165 Å². The Bertz CT molecular complexity index is 921. The molecular weight excluding hydrogens is 350 g/mol. The van der Waals surface area contributed by atoms with Crippen molar-refractivity contribution >= 4 is 23.1 Å². The molecule has 0 unspecified atom stereocenters. The van der Waals surface area contributed by atoms with Crippen LogP contribution >= 0.6 is 0 Å². The largest absolute Gasteiger partial charge is 0.393 e. The van der Waals surface area contributed by atoms with E-state index in [1.165, 1.54) is 5.56 Å². The van der Waals surface area contributed by atoms with Crippen molar-refractivity contribution in [1.29, 1.82) is 0 Å². The molecule has 28 heavy (non-hydrogen) atoms. The highest BCUT2D eigenvalue weighted by atomic mass is 15.3. The maximum absolute atomic E-state index is 6.40. The number of pyridine rings is 1. The summed E-state index contributed by atoms with van der Waals surface area (Å²) < 4.78 is 0. The third-order valence-electron chi connectivity index (χ3n) is 5.03. The van der Waals surface area contributed by atoms with Crippen LogP contribution in [0.5, 0.6) is 0 Å². The maximum Gasteiger partial charge on any atom is 0.160 e. The van der Waals surface area contributed by atoms with Crippen molar-refractivity contribution in [3.63, 3.8) is 0 Å². The quantitative estimate of drug-likeness (QED) is 0.709. The van der Waals surface area contributed by atoms with Crippen LogP contribution in [0.15, 0.2) is 55.0 Å². The Morgan fingerprint density at radius 3 is 2.46 bits per heavy atom. The molecule has 7 heteroatoms. The standard InChI is InChI=1S/C21H25N7/c1-16-6-5-9-23-19(16)26-20-18(22)21(25-15-24-20)28-12-10-27(11-13-28)14-17-7-3-2-4-8-17/h2-9,15H,10-14,22H2,1H3,(H,23,24,25,26). The molecule has 3 aromatic rings. The number of nitrogens with zero attached hydrogens (tertiary/aromatic N) is 5. The molecule has 0 aliphatic carbocycles. The van der Waals surface area contributed by atoms with Crippen molar-refractivity contribution < 1.29 is 0 Å². The SMILES string of the molecule is Cc1cccnc1Nc1ncnc(N2CCN(Cc3ccccc3)CC2)c1N. The topological polar surface area (TPSA) is 83.2 Å². The summed E-state index contributed by atoms with van der Waals surface area (Å²) in [5.74, 6) is 2.13. The highest BCUT2D eigenvalue weighted by molar-refractivity contribution is 5.78. The zero-order valence-electron chi connectivity index (χ0n) is 16.0. The molecule has 1 aromatic carbocycles. The molecule has 7 nitrogen and oxygen atoms in total. The molecule has 4 rings (SSSR count). The van der Waals surface area contributed by atoms with Gasteiger partial charge in [0, 0.05) is 38.9 Å². The molecule has 2 aromatic heterocycles. The van der Waals surface area contributed by atoms with Crippen molar-refractivity contribution in [2.24, 2.45) is 0 Å². The van der Waals surface area contributed by atoms with Gasteiger partial charge in [0.05, 0.1) is 0 Å². The van der Waals surface area contributed by atoms with Crippen molar-refractivity contribution in [3.05, 3.63) is 66.1 Å². The Balaban J connectivity index is 1.43. The van der Waals surface area contributed by atoms with Gasteiger partial charge >= 0.3 is 0 Å². The lowest BCUT2D eigenvalue weighted by Gasteiger charge is -2.36. The van der Waals surface area contributed by atoms with Gasteiger partial charge in [-0.1, -0.05) is 36.4 Å². The van der Waals surface area contributed by atoms with Gasteiger partial charge < -0.3 is 16.0 Å². The van der Waals surface area contributed by atoms with E-state index in [2.05, 4.69) is 60.4 Å².